The third-order valence-corrected chi connectivity index (χ3v) is 5.27. The Morgan fingerprint density at radius 3 is 2.46 bits per heavy atom. The number of carbonyl (C=O) groups excluding carboxylic acids is 2. The Morgan fingerprint density at radius 2 is 1.85 bits per heavy atom. The van der Waals surface area contributed by atoms with Crippen LogP contribution in [0.15, 0.2) is 53.4 Å². The molecule has 2 amide bonds. The Hall–Kier alpha value is -2.44. The largest absolute Gasteiger partial charge is 0.378 e. The van der Waals surface area contributed by atoms with E-state index in [0.29, 0.717) is 10.5 Å². The summed E-state index contributed by atoms with van der Waals surface area (Å²) >= 11 is 6.43. The van der Waals surface area contributed by atoms with Gasteiger partial charge in [0.25, 0.3) is 11.8 Å². The van der Waals surface area contributed by atoms with Crippen molar-refractivity contribution >= 4 is 51.9 Å². The van der Waals surface area contributed by atoms with E-state index in [0.717, 1.165) is 33.5 Å². The van der Waals surface area contributed by atoms with Crippen LogP contribution in [-0.4, -0.2) is 35.1 Å². The van der Waals surface area contributed by atoms with Crippen LogP contribution < -0.4 is 4.90 Å². The zero-order valence-electron chi connectivity index (χ0n) is 14.7. The molecule has 0 bridgehead atoms. The minimum atomic E-state index is -0.387. The standard InChI is InChI=1S/C20H18N2O2S2/c1-13-5-4-6-15(11-13)18(23)22-19(24)17(26-20(22)25)12-14-7-9-16(10-8-14)21(2)3/h4-12H,1-3H3/b17-12+. The average Bonchev–Trinajstić information content (AvgIpc) is 2.88. The molecule has 0 saturated carbocycles. The zero-order valence-corrected chi connectivity index (χ0v) is 16.4. The second-order valence-electron chi connectivity index (χ2n) is 6.18. The highest BCUT2D eigenvalue weighted by atomic mass is 32.2. The van der Waals surface area contributed by atoms with Crippen molar-refractivity contribution in [1.29, 1.82) is 0 Å². The number of imide groups is 1. The van der Waals surface area contributed by atoms with Crippen LogP contribution in [-0.2, 0) is 4.79 Å². The quantitative estimate of drug-likeness (QED) is 0.454. The SMILES string of the molecule is Cc1cccc(C(=O)N2C(=O)/C(=C\c3ccc(N(C)C)cc3)SC2=S)c1. The van der Waals surface area contributed by atoms with Crippen molar-refractivity contribution in [2.45, 2.75) is 6.92 Å². The minimum Gasteiger partial charge on any atom is -0.378 e. The fourth-order valence-corrected chi connectivity index (χ4v) is 3.82. The number of amides is 2. The molecule has 2 aromatic carbocycles. The van der Waals surface area contributed by atoms with Gasteiger partial charge in [-0.1, -0.05) is 53.8 Å². The van der Waals surface area contributed by atoms with E-state index in [2.05, 4.69) is 0 Å². The molecule has 6 heteroatoms. The number of thioether (sulfide) groups is 1. The van der Waals surface area contributed by atoms with Crippen LogP contribution in [0.25, 0.3) is 6.08 Å². The molecule has 0 radical (unpaired) electrons. The molecule has 1 aliphatic rings. The van der Waals surface area contributed by atoms with E-state index in [-0.39, 0.29) is 16.1 Å². The smallest absolute Gasteiger partial charge is 0.273 e. The van der Waals surface area contributed by atoms with Crippen LogP contribution >= 0.6 is 24.0 Å². The lowest BCUT2D eigenvalue weighted by atomic mass is 10.1. The van der Waals surface area contributed by atoms with Crippen molar-refractivity contribution in [2.75, 3.05) is 19.0 Å². The second-order valence-corrected chi connectivity index (χ2v) is 7.85. The van der Waals surface area contributed by atoms with E-state index in [1.54, 1.807) is 24.3 Å². The number of aryl methyl sites for hydroxylation is 1. The van der Waals surface area contributed by atoms with Crippen LogP contribution in [0.2, 0.25) is 0 Å². The summed E-state index contributed by atoms with van der Waals surface area (Å²) in [6, 6.07) is 15.0. The van der Waals surface area contributed by atoms with Crippen molar-refractivity contribution < 1.29 is 9.59 Å². The maximum absolute atomic E-state index is 12.7. The van der Waals surface area contributed by atoms with E-state index in [4.69, 9.17) is 12.2 Å². The van der Waals surface area contributed by atoms with Gasteiger partial charge in [-0.15, -0.1) is 0 Å². The average molecular weight is 383 g/mol. The van der Waals surface area contributed by atoms with Gasteiger partial charge in [-0.25, -0.2) is 4.90 Å². The summed E-state index contributed by atoms with van der Waals surface area (Å²) in [6.07, 6.45) is 1.77. The molecule has 0 atom stereocenters. The van der Waals surface area contributed by atoms with Gasteiger partial charge in [0.1, 0.15) is 0 Å². The number of thiocarbonyl (C=S) groups is 1. The monoisotopic (exact) mass is 382 g/mol. The first-order valence-electron chi connectivity index (χ1n) is 8.03. The predicted molar refractivity (Wildman–Crippen MR) is 111 cm³/mol. The first kappa shape index (κ1) is 18.4. The maximum Gasteiger partial charge on any atom is 0.273 e. The van der Waals surface area contributed by atoms with Crippen LogP contribution in [0.4, 0.5) is 5.69 Å². The van der Waals surface area contributed by atoms with Gasteiger partial charge >= 0.3 is 0 Å². The van der Waals surface area contributed by atoms with Crippen molar-refractivity contribution in [3.05, 3.63) is 70.1 Å². The summed E-state index contributed by atoms with van der Waals surface area (Å²) in [5.74, 6) is -0.759. The highest BCUT2D eigenvalue weighted by molar-refractivity contribution is 8.26. The molecule has 4 nitrogen and oxygen atoms in total. The first-order valence-corrected chi connectivity index (χ1v) is 9.25. The van der Waals surface area contributed by atoms with Crippen LogP contribution in [0.1, 0.15) is 21.5 Å². The number of rotatable bonds is 3. The van der Waals surface area contributed by atoms with Crippen molar-refractivity contribution in [2.24, 2.45) is 0 Å². The molecule has 3 rings (SSSR count). The van der Waals surface area contributed by atoms with Crippen molar-refractivity contribution in [1.82, 2.24) is 4.90 Å². The van der Waals surface area contributed by atoms with Gasteiger partial charge in [-0.05, 0) is 42.8 Å². The van der Waals surface area contributed by atoms with Crippen molar-refractivity contribution in [3.8, 4) is 0 Å². The molecular weight excluding hydrogens is 364 g/mol. The first-order chi connectivity index (χ1) is 12.4. The lowest BCUT2D eigenvalue weighted by Gasteiger charge is -2.13. The Kier molecular flexibility index (Phi) is 5.25. The third kappa shape index (κ3) is 3.71. The Morgan fingerprint density at radius 1 is 1.15 bits per heavy atom. The van der Waals surface area contributed by atoms with Crippen LogP contribution in [0.3, 0.4) is 0 Å². The molecule has 132 valence electrons. The second kappa shape index (κ2) is 7.43. The van der Waals surface area contributed by atoms with Gasteiger partial charge in [0.2, 0.25) is 0 Å². The summed E-state index contributed by atoms with van der Waals surface area (Å²) in [6.45, 7) is 1.90. The number of anilines is 1. The highest BCUT2D eigenvalue weighted by Crippen LogP contribution is 2.33. The molecule has 0 aliphatic carbocycles. The molecule has 0 unspecified atom stereocenters. The van der Waals surface area contributed by atoms with Gasteiger partial charge in [0.15, 0.2) is 4.32 Å². The number of carbonyl (C=O) groups is 2. The molecule has 26 heavy (non-hydrogen) atoms. The van der Waals surface area contributed by atoms with Gasteiger partial charge in [0.05, 0.1) is 4.91 Å². The molecule has 1 fully saturated rings. The van der Waals surface area contributed by atoms with Gasteiger partial charge in [-0.2, -0.15) is 0 Å². The molecule has 2 aromatic rings. The van der Waals surface area contributed by atoms with Crippen LogP contribution in [0.5, 0.6) is 0 Å². The van der Waals surface area contributed by atoms with E-state index in [9.17, 15) is 9.59 Å². The lowest BCUT2D eigenvalue weighted by molar-refractivity contribution is -0.120. The normalized spacial score (nSPS) is 15.7. The Balaban J connectivity index is 1.85. The highest BCUT2D eigenvalue weighted by Gasteiger charge is 2.37. The van der Waals surface area contributed by atoms with Crippen LogP contribution in [0, 0.1) is 6.92 Å². The summed E-state index contributed by atoms with van der Waals surface area (Å²) in [4.78, 5) is 29.0. The Bertz CT molecular complexity index is 918. The van der Waals surface area contributed by atoms with Gasteiger partial charge in [-0.3, -0.25) is 9.59 Å². The number of hydrogen-bond acceptors (Lipinski definition) is 5. The molecule has 0 spiro atoms. The minimum absolute atomic E-state index is 0.262. The molecule has 1 heterocycles. The fourth-order valence-electron chi connectivity index (χ4n) is 2.57. The summed E-state index contributed by atoms with van der Waals surface area (Å²) < 4.78 is 0.262. The molecule has 0 N–H and O–H groups in total. The topological polar surface area (TPSA) is 40.6 Å². The van der Waals surface area contributed by atoms with Gasteiger partial charge < -0.3 is 4.90 Å². The van der Waals surface area contributed by atoms with Crippen molar-refractivity contribution in [3.63, 3.8) is 0 Å². The fraction of sp³-hybridized carbons (Fsp3) is 0.150. The van der Waals surface area contributed by atoms with Gasteiger partial charge in [0, 0.05) is 25.3 Å². The van der Waals surface area contributed by atoms with E-state index in [1.165, 1.54) is 0 Å². The molecular formula is C20H18N2O2S2. The third-order valence-electron chi connectivity index (χ3n) is 3.97. The maximum atomic E-state index is 12.7. The van der Waals surface area contributed by atoms with E-state index in [1.807, 2.05) is 56.3 Å². The molecule has 1 aliphatic heterocycles. The predicted octanol–water partition coefficient (Wildman–Crippen LogP) is 4.10. The molecule has 1 saturated heterocycles. The molecule has 0 aromatic heterocycles. The lowest BCUT2D eigenvalue weighted by Crippen LogP contribution is -2.34. The summed E-state index contributed by atoms with van der Waals surface area (Å²) in [5, 5.41) is 0. The summed E-state index contributed by atoms with van der Waals surface area (Å²) in [7, 11) is 3.94. The van der Waals surface area contributed by atoms with E-state index >= 15 is 0 Å². The number of hydrogen-bond donors (Lipinski definition) is 0. The van der Waals surface area contributed by atoms with E-state index < -0.39 is 0 Å². The summed E-state index contributed by atoms with van der Waals surface area (Å²) in [5.41, 5.74) is 3.37. The zero-order chi connectivity index (χ0) is 18.8. The number of benzene rings is 2. The Labute approximate surface area is 162 Å². The number of nitrogens with zero attached hydrogens (tertiary/aromatic N) is 2.